The molecule has 0 amide bonds. The maximum Gasteiger partial charge on any atom is 0.308 e. The first-order chi connectivity index (χ1) is 14.5. The fourth-order valence-corrected chi connectivity index (χ4v) is 4.50. The Morgan fingerprint density at radius 1 is 1.13 bits per heavy atom. The van der Waals surface area contributed by atoms with Crippen LogP contribution in [-0.2, 0) is 22.7 Å². The van der Waals surface area contributed by atoms with E-state index < -0.39 is 0 Å². The molecular weight excluding hydrogens is 400 g/mol. The highest BCUT2D eigenvalue weighted by atomic mass is 32.1. The van der Waals surface area contributed by atoms with Gasteiger partial charge in [0.2, 0.25) is 0 Å². The monoisotopic (exact) mass is 422 g/mol. The average Bonchev–Trinajstić information content (AvgIpc) is 3.15. The van der Waals surface area contributed by atoms with E-state index in [0.29, 0.717) is 17.3 Å². The van der Waals surface area contributed by atoms with E-state index in [1.165, 1.54) is 0 Å². The number of hydrogen-bond acceptors (Lipinski definition) is 7. The van der Waals surface area contributed by atoms with E-state index in [4.69, 9.17) is 4.74 Å². The molecule has 0 aliphatic carbocycles. The van der Waals surface area contributed by atoms with E-state index >= 15 is 0 Å². The Morgan fingerprint density at radius 3 is 2.63 bits per heavy atom. The Morgan fingerprint density at radius 2 is 1.87 bits per heavy atom. The summed E-state index contributed by atoms with van der Waals surface area (Å²) in [5.74, 6) is -0.373. The summed E-state index contributed by atoms with van der Waals surface area (Å²) in [7, 11) is 0. The van der Waals surface area contributed by atoms with Crippen LogP contribution in [-0.4, -0.2) is 25.9 Å². The summed E-state index contributed by atoms with van der Waals surface area (Å²) < 4.78 is 7.56. The number of hydrogen-bond donors (Lipinski definition) is 0. The lowest BCUT2D eigenvalue weighted by atomic mass is 9.81. The number of rotatable bonds is 7. The van der Waals surface area contributed by atoms with Crippen LogP contribution in [0.2, 0.25) is 0 Å². The third-order valence-electron chi connectivity index (χ3n) is 5.32. The standard InChI is InChI=1S/C22H22N4O3S/c1-3-22(2,12-19-23-17-10-6-7-11-18(17)30-19)13-20(27)29-14-26-21(28)15-8-4-5-9-16(15)24-25-26/h4-11H,3,12-14H2,1-2H3/t22-/m0/s1. The van der Waals surface area contributed by atoms with Crippen molar-refractivity contribution < 1.29 is 9.53 Å². The average molecular weight is 423 g/mol. The number of nitrogens with zero attached hydrogens (tertiary/aromatic N) is 4. The molecule has 0 unspecified atom stereocenters. The third-order valence-corrected chi connectivity index (χ3v) is 6.35. The molecule has 4 rings (SSSR count). The van der Waals surface area contributed by atoms with Crippen molar-refractivity contribution in [1.29, 1.82) is 0 Å². The molecule has 8 heteroatoms. The van der Waals surface area contributed by atoms with Gasteiger partial charge in [0.05, 0.1) is 27.0 Å². The minimum absolute atomic E-state index is 0.231. The Labute approximate surface area is 177 Å². The van der Waals surface area contributed by atoms with Crippen LogP contribution < -0.4 is 5.56 Å². The molecular formula is C22H22N4O3S. The number of carbonyl (C=O) groups excluding carboxylic acids is 1. The summed E-state index contributed by atoms with van der Waals surface area (Å²) in [5.41, 5.74) is 0.874. The van der Waals surface area contributed by atoms with Gasteiger partial charge in [-0.1, -0.05) is 43.3 Å². The largest absolute Gasteiger partial charge is 0.442 e. The number of ether oxygens (including phenoxy) is 1. The summed E-state index contributed by atoms with van der Waals surface area (Å²) in [4.78, 5) is 29.7. The molecule has 0 aliphatic heterocycles. The minimum Gasteiger partial charge on any atom is -0.442 e. The number of carbonyl (C=O) groups is 1. The fraction of sp³-hybridized carbons (Fsp3) is 0.318. The summed E-state index contributed by atoms with van der Waals surface area (Å²) in [6, 6.07) is 15.0. The van der Waals surface area contributed by atoms with Crippen molar-refractivity contribution in [2.75, 3.05) is 0 Å². The topological polar surface area (TPSA) is 87.0 Å². The van der Waals surface area contributed by atoms with Crippen molar-refractivity contribution in [1.82, 2.24) is 20.0 Å². The summed E-state index contributed by atoms with van der Waals surface area (Å²) in [6.45, 7) is 3.86. The lowest BCUT2D eigenvalue weighted by molar-refractivity contribution is -0.150. The van der Waals surface area contributed by atoms with Gasteiger partial charge in [-0.3, -0.25) is 9.59 Å². The van der Waals surface area contributed by atoms with Crippen molar-refractivity contribution in [2.24, 2.45) is 5.41 Å². The smallest absolute Gasteiger partial charge is 0.308 e. The Balaban J connectivity index is 1.42. The number of para-hydroxylation sites is 1. The molecule has 7 nitrogen and oxygen atoms in total. The zero-order valence-electron chi connectivity index (χ0n) is 16.9. The Hall–Kier alpha value is -3.13. The number of fused-ring (bicyclic) bond motifs is 2. The molecule has 2 aromatic heterocycles. The first kappa shape index (κ1) is 20.2. The minimum atomic E-state index is -0.373. The van der Waals surface area contributed by atoms with Gasteiger partial charge in [0.1, 0.15) is 5.52 Å². The molecule has 0 saturated carbocycles. The molecule has 0 fully saturated rings. The van der Waals surface area contributed by atoms with Crippen LogP contribution in [0.1, 0.15) is 31.7 Å². The van der Waals surface area contributed by atoms with Gasteiger partial charge in [-0.2, -0.15) is 4.68 Å². The number of benzene rings is 2. The highest BCUT2D eigenvalue weighted by Gasteiger charge is 2.28. The van der Waals surface area contributed by atoms with Gasteiger partial charge in [0.25, 0.3) is 5.56 Å². The highest BCUT2D eigenvalue weighted by molar-refractivity contribution is 7.18. The van der Waals surface area contributed by atoms with E-state index in [2.05, 4.69) is 35.2 Å². The van der Waals surface area contributed by atoms with E-state index in [0.717, 1.165) is 26.3 Å². The summed E-state index contributed by atoms with van der Waals surface area (Å²) in [6.07, 6.45) is 1.72. The van der Waals surface area contributed by atoms with Gasteiger partial charge < -0.3 is 4.74 Å². The summed E-state index contributed by atoms with van der Waals surface area (Å²) in [5, 5.41) is 9.30. The Bertz CT molecular complexity index is 1230. The quantitative estimate of drug-likeness (QED) is 0.419. The lowest BCUT2D eigenvalue weighted by Gasteiger charge is -2.26. The van der Waals surface area contributed by atoms with Crippen molar-refractivity contribution in [3.05, 3.63) is 63.9 Å². The molecule has 0 spiro atoms. The predicted octanol–water partition coefficient (Wildman–Crippen LogP) is 3.95. The first-order valence-corrected chi connectivity index (χ1v) is 10.6. The second kappa shape index (κ2) is 8.31. The van der Waals surface area contributed by atoms with Crippen LogP contribution in [0.15, 0.2) is 53.3 Å². The lowest BCUT2D eigenvalue weighted by Crippen LogP contribution is -2.29. The van der Waals surface area contributed by atoms with Crippen LogP contribution in [0.25, 0.3) is 21.1 Å². The molecule has 4 aromatic rings. The van der Waals surface area contributed by atoms with E-state index in [9.17, 15) is 9.59 Å². The second-order valence-electron chi connectivity index (χ2n) is 7.65. The second-order valence-corrected chi connectivity index (χ2v) is 8.77. The molecule has 2 aromatic carbocycles. The highest BCUT2D eigenvalue weighted by Crippen LogP contribution is 2.34. The predicted molar refractivity (Wildman–Crippen MR) is 116 cm³/mol. The van der Waals surface area contributed by atoms with E-state index in [-0.39, 0.29) is 30.1 Å². The first-order valence-electron chi connectivity index (χ1n) is 9.80. The van der Waals surface area contributed by atoms with Crippen LogP contribution in [0.3, 0.4) is 0 Å². The number of aromatic nitrogens is 4. The van der Waals surface area contributed by atoms with Gasteiger partial charge in [0.15, 0.2) is 6.73 Å². The molecule has 0 N–H and O–H groups in total. The molecule has 30 heavy (non-hydrogen) atoms. The fourth-order valence-electron chi connectivity index (χ4n) is 3.31. The molecule has 0 bridgehead atoms. The molecule has 0 radical (unpaired) electrons. The molecule has 0 aliphatic rings. The van der Waals surface area contributed by atoms with Crippen molar-refractivity contribution in [3.63, 3.8) is 0 Å². The van der Waals surface area contributed by atoms with E-state index in [1.807, 2.05) is 18.2 Å². The molecule has 2 heterocycles. The maximum absolute atomic E-state index is 12.5. The van der Waals surface area contributed by atoms with Crippen LogP contribution in [0.4, 0.5) is 0 Å². The van der Waals surface area contributed by atoms with Gasteiger partial charge in [-0.05, 0) is 36.1 Å². The zero-order chi connectivity index (χ0) is 21.1. The number of thiazole rings is 1. The van der Waals surface area contributed by atoms with Gasteiger partial charge >= 0.3 is 5.97 Å². The van der Waals surface area contributed by atoms with Crippen molar-refractivity contribution in [2.45, 2.75) is 39.8 Å². The van der Waals surface area contributed by atoms with Gasteiger partial charge in [0, 0.05) is 6.42 Å². The third kappa shape index (κ3) is 4.23. The Kier molecular flexibility index (Phi) is 5.59. The molecule has 154 valence electrons. The van der Waals surface area contributed by atoms with Crippen LogP contribution in [0, 0.1) is 5.41 Å². The normalized spacial score (nSPS) is 13.4. The molecule has 1 atom stereocenters. The SMILES string of the molecule is CC[C@](C)(CC(=O)OCn1nnc2ccccc2c1=O)Cc1nc2ccccc2s1. The maximum atomic E-state index is 12.5. The van der Waals surface area contributed by atoms with Crippen molar-refractivity contribution >= 4 is 38.4 Å². The van der Waals surface area contributed by atoms with Gasteiger partial charge in [-0.25, -0.2) is 4.98 Å². The number of esters is 1. The summed E-state index contributed by atoms with van der Waals surface area (Å²) >= 11 is 1.65. The van der Waals surface area contributed by atoms with E-state index in [1.54, 1.807) is 35.6 Å². The zero-order valence-corrected chi connectivity index (χ0v) is 17.7. The van der Waals surface area contributed by atoms with Gasteiger partial charge in [-0.15, -0.1) is 16.4 Å². The van der Waals surface area contributed by atoms with Crippen LogP contribution >= 0.6 is 11.3 Å². The van der Waals surface area contributed by atoms with Crippen LogP contribution in [0.5, 0.6) is 0 Å². The van der Waals surface area contributed by atoms with Crippen molar-refractivity contribution in [3.8, 4) is 0 Å². The molecule has 0 saturated heterocycles.